The number of para-hydroxylation sites is 1. The van der Waals surface area contributed by atoms with E-state index in [0.29, 0.717) is 52.6 Å². The number of aryl methyl sites for hydroxylation is 1. The van der Waals surface area contributed by atoms with Gasteiger partial charge in [-0.15, -0.1) is 0 Å². The van der Waals surface area contributed by atoms with Crippen LogP contribution < -0.4 is 4.90 Å². The normalized spacial score (nSPS) is 13.4. The highest BCUT2D eigenvalue weighted by molar-refractivity contribution is 6.70. The highest BCUT2D eigenvalue weighted by atomic mass is 35.5. The maximum absolute atomic E-state index is 14.6. The number of hydrogen-bond acceptors (Lipinski definition) is 4. The van der Waals surface area contributed by atoms with Gasteiger partial charge >= 0.3 is 0 Å². The molecule has 0 unspecified atom stereocenters. The third-order valence-electron chi connectivity index (χ3n) is 5.07. The van der Waals surface area contributed by atoms with Crippen LogP contribution in [0.4, 0.5) is 15.9 Å². The Bertz CT molecular complexity index is 1090. The van der Waals surface area contributed by atoms with E-state index in [1.165, 1.54) is 11.6 Å². The van der Waals surface area contributed by atoms with Crippen molar-refractivity contribution in [1.29, 1.82) is 0 Å². The van der Waals surface area contributed by atoms with Crippen LogP contribution in [0.5, 0.6) is 0 Å². The van der Waals surface area contributed by atoms with Crippen molar-refractivity contribution in [1.82, 2.24) is 9.97 Å². The van der Waals surface area contributed by atoms with Gasteiger partial charge in [0.05, 0.1) is 11.4 Å². The lowest BCUT2D eigenvalue weighted by atomic mass is 10.00. The molecule has 0 spiro atoms. The molecule has 0 amide bonds. The van der Waals surface area contributed by atoms with Gasteiger partial charge in [-0.3, -0.25) is 0 Å². The number of rotatable bonds is 4. The molecular weight excluding hydrogens is 387 g/mol. The summed E-state index contributed by atoms with van der Waals surface area (Å²) in [6, 6.07) is 14.8. The summed E-state index contributed by atoms with van der Waals surface area (Å²) in [6.45, 7) is 6.61. The smallest absolute Gasteiger partial charge is 0.164 e. The van der Waals surface area contributed by atoms with Crippen molar-refractivity contribution in [3.05, 3.63) is 71.3 Å². The molecule has 0 atom stereocenters. The average molecular weight is 409 g/mol. The maximum atomic E-state index is 14.6. The molecule has 0 radical (unpaired) electrons. The lowest BCUT2D eigenvalue weighted by Gasteiger charge is -2.30. The molecule has 4 rings (SSSR count). The molecular formula is C23H22ClFN4. The molecule has 1 aliphatic rings. The summed E-state index contributed by atoms with van der Waals surface area (Å²) < 4.78 is 14.6. The van der Waals surface area contributed by atoms with E-state index in [4.69, 9.17) is 21.6 Å². The van der Waals surface area contributed by atoms with E-state index in [1.54, 1.807) is 18.2 Å². The van der Waals surface area contributed by atoms with Crippen molar-refractivity contribution in [3.8, 4) is 11.3 Å². The van der Waals surface area contributed by atoms with Gasteiger partial charge in [-0.05, 0) is 36.1 Å². The Morgan fingerprint density at radius 3 is 2.48 bits per heavy atom. The molecule has 2 heterocycles. The predicted octanol–water partition coefficient (Wildman–Crippen LogP) is 6.06. The van der Waals surface area contributed by atoms with Crippen molar-refractivity contribution in [3.63, 3.8) is 0 Å². The van der Waals surface area contributed by atoms with Gasteiger partial charge in [-0.2, -0.15) is 0 Å². The van der Waals surface area contributed by atoms with Crippen LogP contribution in [0.25, 0.3) is 11.3 Å². The number of anilines is 2. The topological polar surface area (TPSA) is 41.4 Å². The second-order valence-electron chi connectivity index (χ2n) is 7.26. The van der Waals surface area contributed by atoms with E-state index in [0.717, 1.165) is 5.69 Å². The second-order valence-corrected chi connectivity index (χ2v) is 7.61. The first-order valence-electron chi connectivity index (χ1n) is 9.73. The fraction of sp³-hybridized carbons (Fsp3) is 0.261. The summed E-state index contributed by atoms with van der Waals surface area (Å²) in [5.41, 5.74) is 4.41. The van der Waals surface area contributed by atoms with Crippen LogP contribution in [-0.4, -0.2) is 21.8 Å². The number of fused-ring (bicyclic) bond motifs is 1. The van der Waals surface area contributed by atoms with Gasteiger partial charge in [0.15, 0.2) is 11.0 Å². The number of halogens is 2. The van der Waals surface area contributed by atoms with Crippen LogP contribution in [0.1, 0.15) is 43.6 Å². The number of hydrogen-bond donors (Lipinski definition) is 0. The highest BCUT2D eigenvalue weighted by Crippen LogP contribution is 2.37. The third-order valence-corrected chi connectivity index (χ3v) is 5.36. The molecule has 4 nitrogen and oxygen atoms in total. The van der Waals surface area contributed by atoms with Crippen molar-refractivity contribution < 1.29 is 4.39 Å². The summed E-state index contributed by atoms with van der Waals surface area (Å²) in [4.78, 5) is 16.1. The number of benzene rings is 2. The van der Waals surface area contributed by atoms with Gasteiger partial charge in [-0.1, -0.05) is 62.7 Å². The molecule has 0 fully saturated rings. The zero-order valence-electron chi connectivity index (χ0n) is 16.7. The van der Waals surface area contributed by atoms with Gasteiger partial charge in [0, 0.05) is 11.3 Å². The molecule has 0 saturated heterocycles. The van der Waals surface area contributed by atoms with Gasteiger partial charge in [0.1, 0.15) is 18.2 Å². The average Bonchev–Trinajstić information content (AvgIpc) is 2.73. The van der Waals surface area contributed by atoms with Gasteiger partial charge in [-0.25, -0.2) is 19.4 Å². The number of aromatic nitrogens is 2. The Hall–Kier alpha value is -2.79. The fourth-order valence-electron chi connectivity index (χ4n) is 3.59. The molecule has 0 saturated carbocycles. The number of nitrogens with zero attached hydrogens (tertiary/aromatic N) is 4. The van der Waals surface area contributed by atoms with Gasteiger partial charge < -0.3 is 4.90 Å². The molecule has 6 heteroatoms. The quantitative estimate of drug-likeness (QED) is 0.526. The Morgan fingerprint density at radius 1 is 1.03 bits per heavy atom. The molecule has 0 N–H and O–H groups in total. The van der Waals surface area contributed by atoms with Crippen LogP contribution >= 0.6 is 11.6 Å². The van der Waals surface area contributed by atoms with Gasteiger partial charge in [0.25, 0.3) is 0 Å². The fourth-order valence-corrected chi connectivity index (χ4v) is 3.77. The van der Waals surface area contributed by atoms with E-state index < -0.39 is 0 Å². The van der Waals surface area contributed by atoms with Crippen molar-refractivity contribution >= 4 is 28.3 Å². The Labute approximate surface area is 175 Å². The van der Waals surface area contributed by atoms with Crippen molar-refractivity contribution in [2.45, 2.75) is 33.1 Å². The van der Waals surface area contributed by atoms with Crippen LogP contribution in [0, 0.1) is 5.82 Å². The summed E-state index contributed by atoms with van der Waals surface area (Å²) in [5.74, 6) is 0.611. The molecule has 1 aromatic heterocycles. The predicted molar refractivity (Wildman–Crippen MR) is 117 cm³/mol. The largest absolute Gasteiger partial charge is 0.304 e. The van der Waals surface area contributed by atoms with E-state index in [-0.39, 0.29) is 5.82 Å². The SMILES string of the molecule is CCc1nc2c(nc1-c1ccccc1F)N(c1ccccc1C(C)C)CN=C2Cl. The van der Waals surface area contributed by atoms with Crippen LogP contribution in [0.3, 0.4) is 0 Å². The lowest BCUT2D eigenvalue weighted by Crippen LogP contribution is -2.28. The molecule has 1 aliphatic heterocycles. The van der Waals surface area contributed by atoms with Crippen molar-refractivity contribution in [2.24, 2.45) is 4.99 Å². The summed E-state index contributed by atoms with van der Waals surface area (Å²) in [5, 5.41) is 0.334. The highest BCUT2D eigenvalue weighted by Gasteiger charge is 2.28. The van der Waals surface area contributed by atoms with Gasteiger partial charge in [0.2, 0.25) is 0 Å². The van der Waals surface area contributed by atoms with E-state index >= 15 is 0 Å². The molecule has 29 heavy (non-hydrogen) atoms. The maximum Gasteiger partial charge on any atom is 0.164 e. The molecule has 0 bridgehead atoms. The Kier molecular flexibility index (Phi) is 5.33. The molecule has 0 aliphatic carbocycles. The second kappa shape index (κ2) is 7.91. The third kappa shape index (κ3) is 3.51. The minimum atomic E-state index is -0.318. The van der Waals surface area contributed by atoms with Crippen LogP contribution in [0.15, 0.2) is 53.5 Å². The monoisotopic (exact) mass is 408 g/mol. The minimum Gasteiger partial charge on any atom is -0.304 e. The first kappa shape index (κ1) is 19.5. The zero-order valence-corrected chi connectivity index (χ0v) is 17.4. The first-order chi connectivity index (χ1) is 14.0. The molecule has 148 valence electrons. The van der Waals surface area contributed by atoms with Crippen LogP contribution in [0.2, 0.25) is 0 Å². The molecule has 3 aromatic rings. The molecule has 2 aromatic carbocycles. The minimum absolute atomic E-state index is 0.318. The summed E-state index contributed by atoms with van der Waals surface area (Å²) in [7, 11) is 0. The van der Waals surface area contributed by atoms with E-state index in [2.05, 4.69) is 24.9 Å². The number of aliphatic imine (C=N–C) groups is 1. The lowest BCUT2D eigenvalue weighted by molar-refractivity contribution is 0.630. The summed E-state index contributed by atoms with van der Waals surface area (Å²) >= 11 is 6.41. The Balaban J connectivity index is 1.95. The zero-order chi connectivity index (χ0) is 20.5. The van der Waals surface area contributed by atoms with Crippen molar-refractivity contribution in [2.75, 3.05) is 11.6 Å². The van der Waals surface area contributed by atoms with E-state index in [9.17, 15) is 4.39 Å². The Morgan fingerprint density at radius 2 is 1.76 bits per heavy atom. The van der Waals surface area contributed by atoms with Crippen LogP contribution in [-0.2, 0) is 6.42 Å². The summed E-state index contributed by atoms with van der Waals surface area (Å²) in [6.07, 6.45) is 0.608. The standard InChI is InChI=1S/C23H22ClFN4/c1-4-18-20(16-10-5-7-11-17(16)25)28-23-21(27-18)22(24)26-13-29(23)19-12-8-6-9-15(19)14(2)3/h5-12,14H,4,13H2,1-3H3. The van der Waals surface area contributed by atoms with E-state index in [1.807, 2.05) is 30.0 Å². The first-order valence-corrected chi connectivity index (χ1v) is 10.1.